The second kappa shape index (κ2) is 10.2. The quantitative estimate of drug-likeness (QED) is 0.425. The summed E-state index contributed by atoms with van der Waals surface area (Å²) < 4.78 is 22.0. The number of fused-ring (bicyclic) bond motifs is 1. The minimum Gasteiger partial charge on any atom is -0.488 e. The summed E-state index contributed by atoms with van der Waals surface area (Å²) in [6.07, 6.45) is 11.2. The fourth-order valence-electron chi connectivity index (χ4n) is 4.10. The number of allylic oxidation sites excluding steroid dienone is 8. The second-order valence-electron chi connectivity index (χ2n) is 9.03. The molecule has 0 radical (unpaired) electrons. The number of hydrogen-bond donors (Lipinski definition) is 3. The van der Waals surface area contributed by atoms with Crippen molar-refractivity contribution < 1.29 is 13.9 Å². The number of aromatic nitrogens is 5. The molecular formula is C26H28FN7O2. The molecule has 10 heteroatoms. The number of H-pyrrole nitrogens is 1. The molecule has 2 heterocycles. The molecule has 0 fully saturated rings. The van der Waals surface area contributed by atoms with E-state index < -0.39 is 6.17 Å². The first kappa shape index (κ1) is 23.5. The number of amides is 1. The van der Waals surface area contributed by atoms with Gasteiger partial charge in [-0.25, -0.2) is 4.39 Å². The standard InChI is InChI=1S/C26H28FN7O2/c1-16(2)29-24(35)15-36-20-10-7-17(8-11-20)25-31-26(34(33-25)23-6-4-3-5-21(23)27)30-19-9-12-22-18(13-19)14-28-32-22/h3-4,6-7,9-10,12-14,16,21H,5,8,11,15H2,1-2H3,(H,28,32)(H,29,35)(H,30,31,33). The minimum absolute atomic E-state index is 0.0191. The number of anilines is 2. The number of halogens is 1. The topological polar surface area (TPSA) is 110 Å². The molecule has 3 aromatic rings. The third-order valence-electron chi connectivity index (χ3n) is 5.85. The molecule has 2 aliphatic rings. The second-order valence-corrected chi connectivity index (χ2v) is 9.03. The number of alkyl halides is 1. The first-order valence-electron chi connectivity index (χ1n) is 12.0. The maximum atomic E-state index is 14.8. The highest BCUT2D eigenvalue weighted by molar-refractivity contribution is 5.83. The Morgan fingerprint density at radius 1 is 1.28 bits per heavy atom. The van der Waals surface area contributed by atoms with E-state index in [1.54, 1.807) is 18.3 Å². The summed E-state index contributed by atoms with van der Waals surface area (Å²) in [6.45, 7) is 3.79. The van der Waals surface area contributed by atoms with Gasteiger partial charge in [0.1, 0.15) is 6.17 Å². The lowest BCUT2D eigenvalue weighted by molar-refractivity contribution is -0.125. The molecule has 1 unspecified atom stereocenters. The number of benzene rings is 1. The fraction of sp³-hybridized carbons (Fsp3) is 0.308. The smallest absolute Gasteiger partial charge is 0.258 e. The van der Waals surface area contributed by atoms with Crippen molar-refractivity contribution in [2.75, 3.05) is 11.9 Å². The third kappa shape index (κ3) is 5.22. The Bertz CT molecular complexity index is 1400. The highest BCUT2D eigenvalue weighted by atomic mass is 19.1. The van der Waals surface area contributed by atoms with E-state index in [1.807, 2.05) is 50.3 Å². The number of nitrogens with one attached hydrogen (secondary N) is 3. The summed E-state index contributed by atoms with van der Waals surface area (Å²) in [5, 5.41) is 18.7. The number of carbonyl (C=O) groups excluding carboxylic acids is 1. The lowest BCUT2D eigenvalue weighted by atomic mass is 10.0. The zero-order chi connectivity index (χ0) is 25.1. The zero-order valence-electron chi connectivity index (χ0n) is 20.2. The monoisotopic (exact) mass is 489 g/mol. The van der Waals surface area contributed by atoms with Crippen LogP contribution in [0.25, 0.3) is 22.2 Å². The number of ether oxygens (including phenoxy) is 1. The predicted molar refractivity (Wildman–Crippen MR) is 137 cm³/mol. The molecule has 0 aliphatic heterocycles. The van der Waals surface area contributed by atoms with Gasteiger partial charge in [0, 0.05) is 30.0 Å². The van der Waals surface area contributed by atoms with Crippen LogP contribution < -0.4 is 10.6 Å². The first-order chi connectivity index (χ1) is 17.5. The Labute approximate surface area is 207 Å². The van der Waals surface area contributed by atoms with E-state index in [2.05, 4.69) is 25.9 Å². The Balaban J connectivity index is 1.40. The van der Waals surface area contributed by atoms with Gasteiger partial charge in [-0.15, -0.1) is 5.10 Å². The maximum absolute atomic E-state index is 14.8. The molecule has 3 N–H and O–H groups in total. The normalized spacial score (nSPS) is 17.6. The van der Waals surface area contributed by atoms with Crippen LogP contribution in [0.4, 0.5) is 16.0 Å². The van der Waals surface area contributed by atoms with E-state index >= 15 is 0 Å². The van der Waals surface area contributed by atoms with Crippen LogP contribution in [0.3, 0.4) is 0 Å². The zero-order valence-corrected chi connectivity index (χ0v) is 20.2. The average Bonchev–Trinajstić information content (AvgIpc) is 3.50. The van der Waals surface area contributed by atoms with Crippen LogP contribution in [0.5, 0.6) is 0 Å². The molecule has 1 amide bonds. The largest absolute Gasteiger partial charge is 0.488 e. The molecule has 0 spiro atoms. The Hall–Kier alpha value is -4.21. The van der Waals surface area contributed by atoms with Gasteiger partial charge in [0.05, 0.1) is 23.2 Å². The highest BCUT2D eigenvalue weighted by Crippen LogP contribution is 2.31. The van der Waals surface area contributed by atoms with Crippen molar-refractivity contribution in [3.8, 4) is 0 Å². The van der Waals surface area contributed by atoms with Crippen molar-refractivity contribution in [1.82, 2.24) is 30.3 Å². The number of nitrogens with zero attached hydrogens (tertiary/aromatic N) is 4. The Morgan fingerprint density at radius 3 is 2.94 bits per heavy atom. The van der Waals surface area contributed by atoms with Crippen LogP contribution in [0.2, 0.25) is 0 Å². The average molecular weight is 490 g/mol. The number of hydrogen-bond acceptors (Lipinski definition) is 6. The molecule has 5 rings (SSSR count). The van der Waals surface area contributed by atoms with Crippen molar-refractivity contribution >= 4 is 39.7 Å². The Kier molecular flexibility index (Phi) is 6.66. The predicted octanol–water partition coefficient (Wildman–Crippen LogP) is 4.64. The molecule has 1 aromatic carbocycles. The highest BCUT2D eigenvalue weighted by Gasteiger charge is 2.23. The third-order valence-corrected chi connectivity index (χ3v) is 5.85. The van der Waals surface area contributed by atoms with Gasteiger partial charge >= 0.3 is 0 Å². The van der Waals surface area contributed by atoms with Gasteiger partial charge in [-0.05, 0) is 56.2 Å². The summed E-state index contributed by atoms with van der Waals surface area (Å²) in [6, 6.07) is 5.84. The molecule has 2 aromatic heterocycles. The summed E-state index contributed by atoms with van der Waals surface area (Å²) in [7, 11) is 0. The number of carbonyl (C=O) groups is 1. The molecule has 0 saturated carbocycles. The van der Waals surface area contributed by atoms with Crippen LogP contribution in [0, 0.1) is 0 Å². The molecule has 36 heavy (non-hydrogen) atoms. The van der Waals surface area contributed by atoms with E-state index in [0.717, 1.165) is 27.9 Å². The number of rotatable bonds is 8. The van der Waals surface area contributed by atoms with Gasteiger partial charge in [-0.3, -0.25) is 9.89 Å². The molecule has 0 bridgehead atoms. The Morgan fingerprint density at radius 2 is 2.17 bits per heavy atom. The van der Waals surface area contributed by atoms with Crippen molar-refractivity contribution in [3.63, 3.8) is 0 Å². The van der Waals surface area contributed by atoms with E-state index in [4.69, 9.17) is 9.72 Å². The van der Waals surface area contributed by atoms with E-state index in [0.29, 0.717) is 30.3 Å². The van der Waals surface area contributed by atoms with E-state index in [-0.39, 0.29) is 25.0 Å². The minimum atomic E-state index is -1.18. The lowest BCUT2D eigenvalue weighted by Crippen LogP contribution is -2.33. The van der Waals surface area contributed by atoms with Gasteiger partial charge in [-0.2, -0.15) is 14.8 Å². The number of aromatic amines is 1. The van der Waals surface area contributed by atoms with Crippen molar-refractivity contribution in [3.05, 3.63) is 66.4 Å². The molecular weight excluding hydrogens is 461 g/mol. The fourth-order valence-corrected chi connectivity index (χ4v) is 4.10. The summed E-state index contributed by atoms with van der Waals surface area (Å²) >= 11 is 0. The van der Waals surface area contributed by atoms with E-state index in [9.17, 15) is 9.18 Å². The van der Waals surface area contributed by atoms with Gasteiger partial charge in [0.25, 0.3) is 5.91 Å². The van der Waals surface area contributed by atoms with Crippen LogP contribution in [0.1, 0.15) is 38.9 Å². The molecule has 9 nitrogen and oxygen atoms in total. The van der Waals surface area contributed by atoms with Gasteiger partial charge < -0.3 is 15.4 Å². The van der Waals surface area contributed by atoms with Crippen molar-refractivity contribution in [2.45, 2.75) is 45.3 Å². The molecule has 1 atom stereocenters. The van der Waals surface area contributed by atoms with Crippen LogP contribution in [-0.4, -0.2) is 49.7 Å². The van der Waals surface area contributed by atoms with Crippen molar-refractivity contribution in [2.24, 2.45) is 0 Å². The van der Waals surface area contributed by atoms with Gasteiger partial charge in [-0.1, -0.05) is 18.2 Å². The summed E-state index contributed by atoms with van der Waals surface area (Å²) in [5.41, 5.74) is 3.04. The van der Waals surface area contributed by atoms with Crippen LogP contribution >= 0.6 is 0 Å². The molecule has 186 valence electrons. The molecule has 2 aliphatic carbocycles. The van der Waals surface area contributed by atoms with E-state index in [1.165, 1.54) is 4.68 Å². The van der Waals surface area contributed by atoms with Gasteiger partial charge in [0.15, 0.2) is 12.4 Å². The van der Waals surface area contributed by atoms with Crippen LogP contribution in [-0.2, 0) is 9.53 Å². The summed E-state index contributed by atoms with van der Waals surface area (Å²) in [5.74, 6) is 1.51. The summed E-state index contributed by atoms with van der Waals surface area (Å²) in [4.78, 5) is 16.6. The van der Waals surface area contributed by atoms with Gasteiger partial charge in [0.2, 0.25) is 5.95 Å². The lowest BCUT2D eigenvalue weighted by Gasteiger charge is -2.16. The molecule has 0 saturated heterocycles. The van der Waals surface area contributed by atoms with Crippen molar-refractivity contribution in [1.29, 1.82) is 0 Å². The maximum Gasteiger partial charge on any atom is 0.258 e. The van der Waals surface area contributed by atoms with Crippen LogP contribution in [0.15, 0.2) is 60.5 Å². The SMILES string of the molecule is CC(C)NC(=O)COC1=CC=C(c2nc(Nc3ccc4[nH]ncc4c3)n(C3=CC=CCC3F)n2)CC1. The first-order valence-corrected chi connectivity index (χ1v) is 12.0.